The average Bonchev–Trinajstić information content (AvgIpc) is 3.19. The summed E-state index contributed by atoms with van der Waals surface area (Å²) in [5.74, 6) is 1.14. The van der Waals surface area contributed by atoms with Crippen molar-refractivity contribution in [3.05, 3.63) is 45.6 Å². The van der Waals surface area contributed by atoms with E-state index in [2.05, 4.69) is 6.07 Å². The summed E-state index contributed by atoms with van der Waals surface area (Å²) in [6, 6.07) is 7.83. The quantitative estimate of drug-likeness (QED) is 0.423. The Morgan fingerprint density at radius 3 is 2.34 bits per heavy atom. The van der Waals surface area contributed by atoms with Crippen molar-refractivity contribution < 1.29 is 19.1 Å². The summed E-state index contributed by atoms with van der Waals surface area (Å²) < 4.78 is 10.7. The molecule has 2 amide bonds. The van der Waals surface area contributed by atoms with E-state index < -0.39 is 0 Å². The van der Waals surface area contributed by atoms with Crippen LogP contribution < -0.4 is 9.47 Å². The Morgan fingerprint density at radius 1 is 1.06 bits per heavy atom. The van der Waals surface area contributed by atoms with Crippen LogP contribution in [0, 0.1) is 12.8 Å². The van der Waals surface area contributed by atoms with Gasteiger partial charge in [0.25, 0.3) is 0 Å². The first-order valence-corrected chi connectivity index (χ1v) is 12.1. The predicted molar refractivity (Wildman–Crippen MR) is 130 cm³/mol. The van der Waals surface area contributed by atoms with Gasteiger partial charge in [0.2, 0.25) is 11.8 Å². The molecule has 0 saturated heterocycles. The van der Waals surface area contributed by atoms with Gasteiger partial charge in [0.05, 0.1) is 27.3 Å². The van der Waals surface area contributed by atoms with E-state index in [-0.39, 0.29) is 30.2 Å². The number of alkyl halides is 1. The Hall–Kier alpha value is -2.25. The zero-order valence-electron chi connectivity index (χ0n) is 19.5. The van der Waals surface area contributed by atoms with Crippen LogP contribution in [0.15, 0.2) is 29.6 Å². The van der Waals surface area contributed by atoms with E-state index in [9.17, 15) is 9.59 Å². The molecule has 1 aromatic heterocycles. The molecule has 2 aromatic rings. The lowest BCUT2D eigenvalue weighted by molar-refractivity contribution is -0.140. The third-order valence-electron chi connectivity index (χ3n) is 5.15. The molecule has 0 radical (unpaired) electrons. The number of hydrogen-bond acceptors (Lipinski definition) is 5. The Bertz CT molecular complexity index is 900. The molecule has 0 unspecified atom stereocenters. The summed E-state index contributed by atoms with van der Waals surface area (Å²) in [6.45, 7) is 7.64. The van der Waals surface area contributed by atoms with Gasteiger partial charge >= 0.3 is 0 Å². The number of carbonyl (C=O) groups excluding carboxylic acids is 2. The van der Waals surface area contributed by atoms with Crippen LogP contribution in [-0.4, -0.2) is 61.3 Å². The standard InChI is InChI=1S/C24H33ClN2O4S/c1-17(2)14-27(23(28)13-25)16-24(29)26(15-22-18(3)9-11-32-22)10-8-19-6-7-20(30-4)21(12-19)31-5/h6-7,9,11-12,17H,8,10,13-16H2,1-5H3. The highest BCUT2D eigenvalue weighted by molar-refractivity contribution is 7.10. The molecule has 176 valence electrons. The molecule has 0 aliphatic carbocycles. The average molecular weight is 481 g/mol. The normalized spacial score (nSPS) is 10.8. The van der Waals surface area contributed by atoms with Crippen molar-refractivity contribution in [2.75, 3.05) is 39.7 Å². The van der Waals surface area contributed by atoms with Crippen molar-refractivity contribution in [3.8, 4) is 11.5 Å². The number of amides is 2. The van der Waals surface area contributed by atoms with E-state index in [1.807, 2.05) is 49.3 Å². The first-order valence-electron chi connectivity index (χ1n) is 10.6. The lowest BCUT2D eigenvalue weighted by Crippen LogP contribution is -2.45. The highest BCUT2D eigenvalue weighted by atomic mass is 35.5. The van der Waals surface area contributed by atoms with Crippen LogP contribution in [0.25, 0.3) is 0 Å². The molecule has 2 rings (SSSR count). The molecule has 0 aliphatic rings. The molecule has 0 saturated carbocycles. The smallest absolute Gasteiger partial charge is 0.242 e. The highest BCUT2D eigenvalue weighted by Gasteiger charge is 2.22. The van der Waals surface area contributed by atoms with Gasteiger partial charge < -0.3 is 19.3 Å². The highest BCUT2D eigenvalue weighted by Crippen LogP contribution is 2.28. The van der Waals surface area contributed by atoms with Gasteiger partial charge in [-0.15, -0.1) is 22.9 Å². The lowest BCUT2D eigenvalue weighted by atomic mass is 10.1. The maximum absolute atomic E-state index is 13.3. The third kappa shape index (κ3) is 7.41. The first-order chi connectivity index (χ1) is 15.3. The predicted octanol–water partition coefficient (Wildman–Crippen LogP) is 4.37. The van der Waals surface area contributed by atoms with Gasteiger partial charge in [0, 0.05) is 18.0 Å². The first kappa shape index (κ1) is 26.0. The van der Waals surface area contributed by atoms with E-state index >= 15 is 0 Å². The van der Waals surface area contributed by atoms with Crippen molar-refractivity contribution in [2.45, 2.75) is 33.7 Å². The molecular weight excluding hydrogens is 448 g/mol. The summed E-state index contributed by atoms with van der Waals surface area (Å²) in [7, 11) is 3.21. The van der Waals surface area contributed by atoms with E-state index in [1.54, 1.807) is 30.5 Å². The number of hydrogen-bond donors (Lipinski definition) is 0. The Labute approximate surface area is 200 Å². The SMILES string of the molecule is COc1ccc(CCN(Cc2sccc2C)C(=O)CN(CC(C)C)C(=O)CCl)cc1OC. The van der Waals surface area contributed by atoms with Gasteiger partial charge in [-0.25, -0.2) is 0 Å². The number of aryl methyl sites for hydroxylation is 1. The van der Waals surface area contributed by atoms with Gasteiger partial charge in [-0.1, -0.05) is 19.9 Å². The Balaban J connectivity index is 2.19. The van der Waals surface area contributed by atoms with Gasteiger partial charge in [0.15, 0.2) is 11.5 Å². The lowest BCUT2D eigenvalue weighted by Gasteiger charge is -2.28. The Morgan fingerprint density at radius 2 is 1.78 bits per heavy atom. The molecule has 1 heterocycles. The fraction of sp³-hybridized carbons (Fsp3) is 0.500. The summed E-state index contributed by atoms with van der Waals surface area (Å²) in [5, 5.41) is 2.03. The largest absolute Gasteiger partial charge is 0.493 e. The van der Waals surface area contributed by atoms with Crippen molar-refractivity contribution in [2.24, 2.45) is 5.92 Å². The van der Waals surface area contributed by atoms with Crippen molar-refractivity contribution >= 4 is 34.8 Å². The second-order valence-electron chi connectivity index (χ2n) is 8.08. The van der Waals surface area contributed by atoms with E-state index in [4.69, 9.17) is 21.1 Å². The Kier molecular flexibility index (Phi) is 10.3. The topological polar surface area (TPSA) is 59.1 Å². The maximum atomic E-state index is 13.3. The zero-order valence-corrected chi connectivity index (χ0v) is 21.1. The number of methoxy groups -OCH3 is 2. The van der Waals surface area contributed by atoms with Crippen LogP contribution in [0.3, 0.4) is 0 Å². The molecule has 6 nitrogen and oxygen atoms in total. The van der Waals surface area contributed by atoms with Crippen LogP contribution in [0.4, 0.5) is 0 Å². The minimum atomic E-state index is -0.221. The molecule has 0 N–H and O–H groups in total. The molecule has 0 atom stereocenters. The van der Waals surface area contributed by atoms with Gasteiger partial charge in [-0.3, -0.25) is 9.59 Å². The molecule has 32 heavy (non-hydrogen) atoms. The van der Waals surface area contributed by atoms with Crippen LogP contribution >= 0.6 is 22.9 Å². The van der Waals surface area contributed by atoms with Crippen LogP contribution in [0.1, 0.15) is 29.9 Å². The van der Waals surface area contributed by atoms with Crippen molar-refractivity contribution in [3.63, 3.8) is 0 Å². The fourth-order valence-corrected chi connectivity index (χ4v) is 4.46. The number of thiophene rings is 1. The minimum absolute atomic E-state index is 0.0279. The number of carbonyl (C=O) groups is 2. The summed E-state index contributed by atoms with van der Waals surface area (Å²) in [4.78, 5) is 30.1. The van der Waals surface area contributed by atoms with Crippen LogP contribution in [-0.2, 0) is 22.6 Å². The van der Waals surface area contributed by atoms with Gasteiger partial charge in [-0.05, 0) is 54.0 Å². The summed E-state index contributed by atoms with van der Waals surface area (Å²) in [5.41, 5.74) is 2.20. The molecule has 8 heteroatoms. The van der Waals surface area contributed by atoms with E-state index in [1.165, 1.54) is 0 Å². The van der Waals surface area contributed by atoms with Crippen molar-refractivity contribution in [1.29, 1.82) is 0 Å². The maximum Gasteiger partial charge on any atom is 0.242 e. The van der Waals surface area contributed by atoms with E-state index in [0.29, 0.717) is 37.6 Å². The van der Waals surface area contributed by atoms with Crippen molar-refractivity contribution in [1.82, 2.24) is 9.80 Å². The van der Waals surface area contributed by atoms with Gasteiger partial charge in [-0.2, -0.15) is 0 Å². The fourth-order valence-electron chi connectivity index (χ4n) is 3.37. The molecule has 0 spiro atoms. The number of nitrogens with zero attached hydrogens (tertiary/aromatic N) is 2. The second kappa shape index (κ2) is 12.7. The number of rotatable bonds is 12. The molecule has 1 aromatic carbocycles. The number of ether oxygens (including phenoxy) is 2. The summed E-state index contributed by atoms with van der Waals surface area (Å²) >= 11 is 7.42. The zero-order chi connectivity index (χ0) is 23.7. The number of halogens is 1. The molecular formula is C24H33ClN2O4S. The summed E-state index contributed by atoms with van der Waals surface area (Å²) in [6.07, 6.45) is 0.657. The molecule has 0 fully saturated rings. The monoisotopic (exact) mass is 480 g/mol. The second-order valence-corrected chi connectivity index (χ2v) is 9.35. The molecule has 0 bridgehead atoms. The third-order valence-corrected chi connectivity index (χ3v) is 6.39. The van der Waals surface area contributed by atoms with Crippen LogP contribution in [0.2, 0.25) is 0 Å². The minimum Gasteiger partial charge on any atom is -0.493 e. The molecule has 0 aliphatic heterocycles. The van der Waals surface area contributed by atoms with Crippen LogP contribution in [0.5, 0.6) is 11.5 Å². The number of benzene rings is 1. The van der Waals surface area contributed by atoms with Gasteiger partial charge in [0.1, 0.15) is 5.88 Å². The van der Waals surface area contributed by atoms with E-state index in [0.717, 1.165) is 16.0 Å².